The van der Waals surface area contributed by atoms with Crippen LogP contribution in [0, 0.1) is 0 Å². The molecule has 122 valence electrons. The summed E-state index contributed by atoms with van der Waals surface area (Å²) in [5, 5.41) is 1.15. The lowest BCUT2D eigenvalue weighted by Gasteiger charge is -2.07. The van der Waals surface area contributed by atoms with E-state index in [4.69, 9.17) is 26.5 Å². The molecule has 24 heavy (non-hydrogen) atoms. The summed E-state index contributed by atoms with van der Waals surface area (Å²) in [7, 11) is 0. The van der Waals surface area contributed by atoms with Gasteiger partial charge in [0.25, 0.3) is 5.91 Å². The number of rotatable bonds is 4. The normalized spacial score (nSPS) is 11.7. The Morgan fingerprint density at radius 3 is 2.75 bits per heavy atom. The van der Waals surface area contributed by atoms with Crippen molar-refractivity contribution < 1.29 is 13.9 Å². The molecule has 0 saturated heterocycles. The van der Waals surface area contributed by atoms with Gasteiger partial charge in [0.1, 0.15) is 5.56 Å². The van der Waals surface area contributed by atoms with Gasteiger partial charge in [-0.3, -0.25) is 4.79 Å². The number of para-hydroxylation sites is 2. The van der Waals surface area contributed by atoms with Crippen LogP contribution in [0.1, 0.15) is 17.3 Å². The van der Waals surface area contributed by atoms with Gasteiger partial charge < -0.3 is 14.9 Å². The van der Waals surface area contributed by atoms with Crippen LogP contribution in [0.2, 0.25) is 5.02 Å². The van der Waals surface area contributed by atoms with E-state index >= 15 is 0 Å². The minimum absolute atomic E-state index is 0.0928. The van der Waals surface area contributed by atoms with Crippen molar-refractivity contribution >= 4 is 34.2 Å². The van der Waals surface area contributed by atoms with Crippen molar-refractivity contribution in [3.63, 3.8) is 0 Å². The van der Waals surface area contributed by atoms with Crippen molar-refractivity contribution in [3.8, 4) is 5.75 Å². The first kappa shape index (κ1) is 16.1. The predicted molar refractivity (Wildman–Crippen MR) is 92.6 cm³/mol. The molecule has 0 fully saturated rings. The molecule has 6 heteroatoms. The fraction of sp³-hybridized carbons (Fsp3) is 0.111. The third-order valence-corrected chi connectivity index (χ3v) is 3.70. The number of nitrogens with two attached hydrogens (primary N) is 1. The van der Waals surface area contributed by atoms with Crippen LogP contribution < -0.4 is 16.0 Å². The highest BCUT2D eigenvalue weighted by Gasteiger charge is 2.12. The van der Waals surface area contributed by atoms with Crippen LogP contribution in [0.4, 0.5) is 5.69 Å². The summed E-state index contributed by atoms with van der Waals surface area (Å²) >= 11 is 6.13. The molecular formula is C18H15ClN2O3. The average molecular weight is 343 g/mol. The van der Waals surface area contributed by atoms with Crippen LogP contribution in [-0.4, -0.2) is 12.5 Å². The van der Waals surface area contributed by atoms with Crippen LogP contribution in [-0.2, 0) is 0 Å². The third-order valence-electron chi connectivity index (χ3n) is 3.38. The average Bonchev–Trinajstić information content (AvgIpc) is 2.57. The maximum Gasteiger partial charge on any atom is 0.254 e. The SMILES string of the molecule is CCOc1cccc2cc(C(N)=O)c(=Nc3ccccc3Cl)oc12. The van der Waals surface area contributed by atoms with E-state index in [-0.39, 0.29) is 11.1 Å². The van der Waals surface area contributed by atoms with Crippen molar-refractivity contribution in [2.45, 2.75) is 6.92 Å². The second-order valence-corrected chi connectivity index (χ2v) is 5.41. The Kier molecular flexibility index (Phi) is 4.53. The standard InChI is InChI=1S/C18H15ClN2O3/c1-2-23-15-9-5-6-11-10-12(17(20)22)18(24-16(11)15)21-14-8-4-3-7-13(14)19/h3-10H,2H2,1H3,(H2,20,22). The molecule has 0 spiro atoms. The predicted octanol–water partition coefficient (Wildman–Crippen LogP) is 3.82. The number of carbonyl (C=O) groups is 1. The topological polar surface area (TPSA) is 77.8 Å². The molecule has 0 aliphatic heterocycles. The fourth-order valence-electron chi connectivity index (χ4n) is 2.31. The number of halogens is 1. The van der Waals surface area contributed by atoms with Gasteiger partial charge in [0.15, 0.2) is 11.3 Å². The van der Waals surface area contributed by atoms with Gasteiger partial charge in [-0.15, -0.1) is 0 Å². The molecule has 0 aliphatic carbocycles. The molecule has 3 aromatic rings. The van der Waals surface area contributed by atoms with Gasteiger partial charge in [-0.2, -0.15) is 0 Å². The lowest BCUT2D eigenvalue weighted by molar-refractivity contribution is 0.0996. The van der Waals surface area contributed by atoms with E-state index in [9.17, 15) is 4.79 Å². The monoisotopic (exact) mass is 342 g/mol. The molecule has 0 bridgehead atoms. The molecule has 2 aromatic carbocycles. The molecule has 1 heterocycles. The Morgan fingerprint density at radius 2 is 2.04 bits per heavy atom. The van der Waals surface area contributed by atoms with E-state index in [1.165, 1.54) is 0 Å². The van der Waals surface area contributed by atoms with E-state index in [1.807, 2.05) is 19.1 Å². The number of amides is 1. The quantitative estimate of drug-likeness (QED) is 0.783. The summed E-state index contributed by atoms with van der Waals surface area (Å²) in [5.41, 5.74) is 6.72. The molecule has 5 nitrogen and oxygen atoms in total. The molecule has 3 rings (SSSR count). The number of nitrogens with zero attached hydrogens (tertiary/aromatic N) is 1. The second kappa shape index (κ2) is 6.76. The maximum atomic E-state index is 11.8. The Morgan fingerprint density at radius 1 is 1.25 bits per heavy atom. The fourth-order valence-corrected chi connectivity index (χ4v) is 2.48. The zero-order valence-corrected chi connectivity index (χ0v) is 13.7. The first-order valence-corrected chi connectivity index (χ1v) is 7.76. The molecule has 2 N–H and O–H groups in total. The molecule has 1 aromatic heterocycles. The lowest BCUT2D eigenvalue weighted by atomic mass is 10.1. The van der Waals surface area contributed by atoms with Gasteiger partial charge in [0.05, 0.1) is 17.3 Å². The summed E-state index contributed by atoms with van der Waals surface area (Å²) in [6, 6.07) is 14.1. The molecule has 0 atom stereocenters. The minimum atomic E-state index is -0.631. The molecule has 0 aliphatic rings. The molecular weight excluding hydrogens is 328 g/mol. The third kappa shape index (κ3) is 3.12. The van der Waals surface area contributed by atoms with Crippen LogP contribution in [0.25, 0.3) is 11.0 Å². The molecule has 0 saturated carbocycles. The van der Waals surface area contributed by atoms with Gasteiger partial charge >= 0.3 is 0 Å². The van der Waals surface area contributed by atoms with Crippen LogP contribution in [0.3, 0.4) is 0 Å². The highest BCUT2D eigenvalue weighted by molar-refractivity contribution is 6.32. The summed E-state index contributed by atoms with van der Waals surface area (Å²) in [5.74, 6) is -0.0603. The highest BCUT2D eigenvalue weighted by Crippen LogP contribution is 2.26. The number of primary amides is 1. The number of ether oxygens (including phenoxy) is 1. The second-order valence-electron chi connectivity index (χ2n) is 5.00. The molecule has 0 radical (unpaired) electrons. The number of hydrogen-bond acceptors (Lipinski definition) is 4. The lowest BCUT2D eigenvalue weighted by Crippen LogP contribution is -2.21. The van der Waals surface area contributed by atoms with E-state index in [1.54, 1.807) is 36.4 Å². The van der Waals surface area contributed by atoms with Gasteiger partial charge in [0, 0.05) is 5.39 Å². The van der Waals surface area contributed by atoms with Crippen LogP contribution in [0.5, 0.6) is 5.75 Å². The van der Waals surface area contributed by atoms with Crippen LogP contribution in [0.15, 0.2) is 57.9 Å². The van der Waals surface area contributed by atoms with E-state index in [0.717, 1.165) is 0 Å². The Balaban J connectivity index is 2.32. The zero-order valence-electron chi connectivity index (χ0n) is 13.0. The Hall–Kier alpha value is -2.79. The van der Waals surface area contributed by atoms with Crippen molar-refractivity contribution in [2.75, 3.05) is 6.61 Å². The number of carbonyl (C=O) groups excluding carboxylic acids is 1. The number of fused-ring (bicyclic) bond motifs is 1. The Labute approximate surface area is 143 Å². The maximum absolute atomic E-state index is 11.8. The Bertz CT molecular complexity index is 979. The highest BCUT2D eigenvalue weighted by atomic mass is 35.5. The van der Waals surface area contributed by atoms with Crippen molar-refractivity contribution in [1.29, 1.82) is 0 Å². The van der Waals surface area contributed by atoms with Crippen molar-refractivity contribution in [2.24, 2.45) is 10.7 Å². The summed E-state index contributed by atoms with van der Waals surface area (Å²) < 4.78 is 11.4. The van der Waals surface area contributed by atoms with E-state index in [2.05, 4.69) is 4.99 Å². The smallest absolute Gasteiger partial charge is 0.254 e. The molecule has 1 amide bonds. The summed E-state index contributed by atoms with van der Waals surface area (Å²) in [6.07, 6.45) is 0. The van der Waals surface area contributed by atoms with Gasteiger partial charge in [0.2, 0.25) is 5.55 Å². The first-order valence-electron chi connectivity index (χ1n) is 7.39. The first-order chi connectivity index (χ1) is 11.6. The number of benzene rings is 2. The van der Waals surface area contributed by atoms with E-state index < -0.39 is 5.91 Å². The zero-order chi connectivity index (χ0) is 17.1. The van der Waals surface area contributed by atoms with Crippen molar-refractivity contribution in [3.05, 3.63) is 64.7 Å². The number of hydrogen-bond donors (Lipinski definition) is 1. The minimum Gasteiger partial charge on any atom is -0.490 e. The molecule has 0 unspecified atom stereocenters. The largest absolute Gasteiger partial charge is 0.490 e. The summed E-state index contributed by atoms with van der Waals surface area (Å²) in [6.45, 7) is 2.37. The summed E-state index contributed by atoms with van der Waals surface area (Å²) in [4.78, 5) is 16.1. The van der Waals surface area contributed by atoms with Crippen molar-refractivity contribution in [1.82, 2.24) is 0 Å². The van der Waals surface area contributed by atoms with Gasteiger partial charge in [-0.05, 0) is 31.2 Å². The van der Waals surface area contributed by atoms with Crippen LogP contribution >= 0.6 is 11.6 Å². The van der Waals surface area contributed by atoms with Gasteiger partial charge in [-0.25, -0.2) is 4.99 Å². The van der Waals surface area contributed by atoms with Gasteiger partial charge in [-0.1, -0.05) is 35.9 Å². The van der Waals surface area contributed by atoms with E-state index in [0.29, 0.717) is 34.0 Å².